The van der Waals surface area contributed by atoms with Gasteiger partial charge in [-0.05, 0) is 48.2 Å². The summed E-state index contributed by atoms with van der Waals surface area (Å²) in [7, 11) is 1.68. The van der Waals surface area contributed by atoms with Crippen molar-refractivity contribution in [3.63, 3.8) is 0 Å². The van der Waals surface area contributed by atoms with E-state index in [4.69, 9.17) is 17.0 Å². The van der Waals surface area contributed by atoms with Crippen molar-refractivity contribution in [2.45, 2.75) is 13.5 Å². The van der Waals surface area contributed by atoms with Gasteiger partial charge in [0.15, 0.2) is 0 Å². The van der Waals surface area contributed by atoms with E-state index >= 15 is 0 Å². The lowest BCUT2D eigenvalue weighted by Gasteiger charge is -2.15. The molecule has 0 saturated heterocycles. The Morgan fingerprint density at radius 3 is 2.43 bits per heavy atom. The van der Waals surface area contributed by atoms with Gasteiger partial charge in [0.05, 0.1) is 7.11 Å². The highest BCUT2D eigenvalue weighted by Crippen LogP contribution is 2.27. The fourth-order valence-corrected chi connectivity index (χ4v) is 3.03. The van der Waals surface area contributed by atoms with Gasteiger partial charge >= 0.3 is 0 Å². The third-order valence-electron chi connectivity index (χ3n) is 3.72. The first-order valence-corrected chi connectivity index (χ1v) is 7.42. The molecule has 0 bridgehead atoms. The van der Waals surface area contributed by atoms with Crippen molar-refractivity contribution < 1.29 is 4.74 Å². The molecule has 3 rings (SSSR count). The van der Waals surface area contributed by atoms with Gasteiger partial charge in [-0.2, -0.15) is 0 Å². The van der Waals surface area contributed by atoms with E-state index in [1.54, 1.807) is 7.11 Å². The fraction of sp³-hybridized carbons (Fsp3) is 0.167. The Morgan fingerprint density at radius 2 is 1.76 bits per heavy atom. The largest absolute Gasteiger partial charge is 0.497 e. The second-order valence-corrected chi connectivity index (χ2v) is 5.28. The van der Waals surface area contributed by atoms with E-state index in [1.807, 2.05) is 24.3 Å². The summed E-state index contributed by atoms with van der Waals surface area (Å²) >= 11 is 5.67. The third-order valence-corrected chi connectivity index (χ3v) is 4.16. The number of nitrogens with zero attached hydrogens (tertiary/aromatic N) is 1. The minimum Gasteiger partial charge on any atom is -0.497 e. The zero-order valence-electron chi connectivity index (χ0n) is 12.2. The third kappa shape index (κ3) is 2.45. The van der Waals surface area contributed by atoms with Crippen molar-refractivity contribution in [3.8, 4) is 17.0 Å². The monoisotopic (exact) mass is 295 g/mol. The molecule has 0 saturated carbocycles. The maximum atomic E-state index is 5.67. The smallest absolute Gasteiger partial charge is 0.118 e. The van der Waals surface area contributed by atoms with E-state index in [1.165, 1.54) is 5.39 Å². The first-order chi connectivity index (χ1) is 10.2. The average Bonchev–Trinajstić information content (AvgIpc) is 2.55. The van der Waals surface area contributed by atoms with E-state index in [-0.39, 0.29) is 0 Å². The predicted molar refractivity (Wildman–Crippen MR) is 90.4 cm³/mol. The molecule has 3 aromatic rings. The summed E-state index contributed by atoms with van der Waals surface area (Å²) in [4.78, 5) is 0. The van der Waals surface area contributed by atoms with Crippen LogP contribution in [-0.2, 0) is 6.54 Å². The molecule has 0 atom stereocenters. The van der Waals surface area contributed by atoms with Crippen LogP contribution < -0.4 is 4.74 Å². The van der Waals surface area contributed by atoms with E-state index < -0.39 is 0 Å². The van der Waals surface area contributed by atoms with Crippen molar-refractivity contribution in [1.29, 1.82) is 0 Å². The summed E-state index contributed by atoms with van der Waals surface area (Å²) in [6.45, 7) is 2.97. The SMILES string of the molecule is CCn1c(-c2ccc(OC)cc2)cc2ccccc2c1=S. The summed E-state index contributed by atoms with van der Waals surface area (Å²) in [5, 5.41) is 2.31. The summed E-state index contributed by atoms with van der Waals surface area (Å²) in [6, 6.07) is 18.6. The first-order valence-electron chi connectivity index (χ1n) is 7.01. The van der Waals surface area contributed by atoms with E-state index in [2.05, 4.69) is 41.8 Å². The van der Waals surface area contributed by atoms with Gasteiger partial charge in [-0.1, -0.05) is 36.5 Å². The minimum absolute atomic E-state index is 0.852. The second kappa shape index (κ2) is 5.70. The van der Waals surface area contributed by atoms with Gasteiger partial charge in [-0.15, -0.1) is 0 Å². The molecule has 3 heteroatoms. The van der Waals surface area contributed by atoms with Crippen molar-refractivity contribution in [1.82, 2.24) is 4.57 Å². The number of hydrogen-bond acceptors (Lipinski definition) is 2. The van der Waals surface area contributed by atoms with Crippen LogP contribution in [0.5, 0.6) is 5.75 Å². The Hall–Kier alpha value is -2.13. The van der Waals surface area contributed by atoms with Gasteiger partial charge in [-0.3, -0.25) is 0 Å². The molecule has 0 spiro atoms. The summed E-state index contributed by atoms with van der Waals surface area (Å²) in [6.07, 6.45) is 0. The van der Waals surface area contributed by atoms with Crippen LogP contribution in [0.2, 0.25) is 0 Å². The quantitative estimate of drug-likeness (QED) is 0.626. The highest BCUT2D eigenvalue weighted by molar-refractivity contribution is 7.71. The minimum atomic E-state index is 0.852. The first kappa shape index (κ1) is 13.8. The number of ether oxygens (including phenoxy) is 1. The number of pyridine rings is 1. The van der Waals surface area contributed by atoms with Crippen LogP contribution in [-0.4, -0.2) is 11.7 Å². The molecule has 0 N–H and O–H groups in total. The van der Waals surface area contributed by atoms with Gasteiger partial charge in [0.1, 0.15) is 10.4 Å². The highest BCUT2D eigenvalue weighted by atomic mass is 32.1. The van der Waals surface area contributed by atoms with Crippen LogP contribution in [0.3, 0.4) is 0 Å². The van der Waals surface area contributed by atoms with E-state index in [9.17, 15) is 0 Å². The lowest BCUT2D eigenvalue weighted by atomic mass is 10.1. The standard InChI is InChI=1S/C18H17NOS/c1-3-19-17(13-8-10-15(20-2)11-9-13)12-14-6-4-5-7-16(14)18(19)21/h4-12H,3H2,1-2H3. The topological polar surface area (TPSA) is 14.2 Å². The van der Waals surface area contributed by atoms with Crippen molar-refractivity contribution in [2.24, 2.45) is 0 Å². The normalized spacial score (nSPS) is 10.8. The van der Waals surface area contributed by atoms with Crippen LogP contribution in [0.25, 0.3) is 22.0 Å². The molecule has 2 aromatic carbocycles. The Kier molecular flexibility index (Phi) is 3.76. The molecule has 0 aliphatic heterocycles. The van der Waals surface area contributed by atoms with Gasteiger partial charge in [0.25, 0.3) is 0 Å². The molecule has 0 aliphatic carbocycles. The van der Waals surface area contributed by atoms with Crippen LogP contribution >= 0.6 is 12.2 Å². The van der Waals surface area contributed by atoms with Gasteiger partial charge in [0, 0.05) is 17.6 Å². The predicted octanol–water partition coefficient (Wildman–Crippen LogP) is 5.07. The maximum absolute atomic E-state index is 5.67. The second-order valence-electron chi connectivity index (χ2n) is 4.89. The number of fused-ring (bicyclic) bond motifs is 1. The van der Waals surface area contributed by atoms with Crippen molar-refractivity contribution >= 4 is 23.0 Å². The average molecular weight is 295 g/mol. The zero-order valence-corrected chi connectivity index (χ0v) is 13.0. The number of benzene rings is 2. The van der Waals surface area contributed by atoms with Gasteiger partial charge < -0.3 is 9.30 Å². The Balaban J connectivity index is 2.27. The molecule has 2 nitrogen and oxygen atoms in total. The molecule has 0 radical (unpaired) electrons. The van der Waals surface area contributed by atoms with Crippen LogP contribution in [0.4, 0.5) is 0 Å². The zero-order chi connectivity index (χ0) is 14.8. The van der Waals surface area contributed by atoms with Crippen LogP contribution in [0, 0.1) is 4.64 Å². The van der Waals surface area contributed by atoms with E-state index in [0.717, 1.165) is 33.6 Å². The molecule has 1 aromatic heterocycles. The molecule has 0 unspecified atom stereocenters. The van der Waals surface area contributed by atoms with Crippen molar-refractivity contribution in [3.05, 3.63) is 59.2 Å². The number of hydrogen-bond donors (Lipinski definition) is 0. The van der Waals surface area contributed by atoms with Crippen LogP contribution in [0.1, 0.15) is 6.92 Å². The molecule has 106 valence electrons. The molecule has 1 heterocycles. The molecule has 21 heavy (non-hydrogen) atoms. The number of methoxy groups -OCH3 is 1. The Morgan fingerprint density at radius 1 is 1.05 bits per heavy atom. The summed E-state index contributed by atoms with van der Waals surface area (Å²) in [5.41, 5.74) is 2.29. The lowest BCUT2D eigenvalue weighted by molar-refractivity contribution is 0.415. The molecule has 0 aliphatic rings. The molecular weight excluding hydrogens is 278 g/mol. The molecular formula is C18H17NOS. The summed E-state index contributed by atoms with van der Waals surface area (Å²) < 4.78 is 8.30. The van der Waals surface area contributed by atoms with Gasteiger partial charge in [0.2, 0.25) is 0 Å². The van der Waals surface area contributed by atoms with Crippen molar-refractivity contribution in [2.75, 3.05) is 7.11 Å². The van der Waals surface area contributed by atoms with Crippen LogP contribution in [0.15, 0.2) is 54.6 Å². The molecule has 0 fully saturated rings. The lowest BCUT2D eigenvalue weighted by Crippen LogP contribution is -2.03. The maximum Gasteiger partial charge on any atom is 0.118 e. The molecule has 0 amide bonds. The van der Waals surface area contributed by atoms with E-state index in [0.29, 0.717) is 0 Å². The number of aromatic nitrogens is 1. The Labute approximate surface area is 129 Å². The Bertz CT molecular complexity index is 834. The number of rotatable bonds is 3. The summed E-state index contributed by atoms with van der Waals surface area (Å²) in [5.74, 6) is 0.862. The fourth-order valence-electron chi connectivity index (χ4n) is 2.61. The highest BCUT2D eigenvalue weighted by Gasteiger charge is 2.07. The van der Waals surface area contributed by atoms with Gasteiger partial charge in [-0.25, -0.2) is 0 Å².